The van der Waals surface area contributed by atoms with E-state index in [1.165, 1.54) is 0 Å². The molecule has 0 unspecified atom stereocenters. The van der Waals surface area contributed by atoms with Crippen LogP contribution in [-0.4, -0.2) is 27.5 Å². The molecule has 13 heavy (non-hydrogen) atoms. The highest BCUT2D eigenvalue weighted by atomic mass is 35.5. The molecule has 2 heterocycles. The number of aryl methyl sites for hydroxylation is 1. The third kappa shape index (κ3) is 2.25. The molecule has 0 amide bonds. The van der Waals surface area contributed by atoms with E-state index in [4.69, 9.17) is 11.6 Å². The molecule has 2 rings (SSSR count). The summed E-state index contributed by atoms with van der Waals surface area (Å²) in [6, 6.07) is 2.31. The van der Waals surface area contributed by atoms with Crippen LogP contribution in [0.15, 0.2) is 6.07 Å². The Morgan fingerprint density at radius 2 is 2.31 bits per heavy atom. The highest BCUT2D eigenvalue weighted by Gasteiger charge is 2.18. The number of nitrogens with zero attached hydrogens (tertiary/aromatic N) is 2. The molecule has 1 fully saturated rings. The van der Waals surface area contributed by atoms with E-state index in [1.807, 2.05) is 18.7 Å². The first-order valence-electron chi connectivity index (χ1n) is 4.09. The summed E-state index contributed by atoms with van der Waals surface area (Å²) < 4.78 is 0. The van der Waals surface area contributed by atoms with Crippen molar-refractivity contribution in [3.63, 3.8) is 0 Å². The lowest BCUT2D eigenvalue weighted by atomic mass is 10.3. The smallest absolute Gasteiger partial charge is 0.134 e. The molecule has 0 aromatic carbocycles. The van der Waals surface area contributed by atoms with E-state index in [1.54, 1.807) is 6.07 Å². The second-order valence-corrected chi connectivity index (χ2v) is 4.46. The Morgan fingerprint density at radius 1 is 1.54 bits per heavy atom. The minimum atomic E-state index is 0.502. The van der Waals surface area contributed by atoms with Crippen molar-refractivity contribution in [3.05, 3.63) is 17.0 Å². The fourth-order valence-electron chi connectivity index (χ4n) is 1.13. The number of nitrogens with one attached hydrogen (secondary N) is 1. The number of hydrogen-bond donors (Lipinski definition) is 1. The standard InChI is InChI=1S/C8H10ClN3S/c1-5-10-7(9)2-8(11-5)12-6-3-13-4-6/h2,6H,3-4H2,1H3,(H,10,11,12). The second kappa shape index (κ2) is 3.72. The molecule has 1 N–H and O–H groups in total. The molecule has 1 aromatic heterocycles. The Kier molecular flexibility index (Phi) is 2.60. The zero-order valence-corrected chi connectivity index (χ0v) is 8.82. The molecule has 0 spiro atoms. The van der Waals surface area contributed by atoms with E-state index in [-0.39, 0.29) is 0 Å². The van der Waals surface area contributed by atoms with Gasteiger partial charge in [-0.1, -0.05) is 11.6 Å². The van der Waals surface area contributed by atoms with Gasteiger partial charge in [0.05, 0.1) is 0 Å². The highest BCUT2D eigenvalue weighted by molar-refractivity contribution is 8.00. The van der Waals surface area contributed by atoms with E-state index < -0.39 is 0 Å². The molecule has 0 radical (unpaired) electrons. The van der Waals surface area contributed by atoms with Crippen molar-refractivity contribution in [2.24, 2.45) is 0 Å². The van der Waals surface area contributed by atoms with E-state index in [2.05, 4.69) is 15.3 Å². The third-order valence-corrected chi connectivity index (χ3v) is 3.27. The maximum atomic E-state index is 5.80. The fourth-order valence-corrected chi connectivity index (χ4v) is 2.00. The molecule has 5 heteroatoms. The van der Waals surface area contributed by atoms with Gasteiger partial charge in [-0.25, -0.2) is 9.97 Å². The van der Waals surface area contributed by atoms with Gasteiger partial charge >= 0.3 is 0 Å². The van der Waals surface area contributed by atoms with Crippen molar-refractivity contribution in [1.82, 2.24) is 9.97 Å². The summed E-state index contributed by atoms with van der Waals surface area (Å²) >= 11 is 7.73. The summed E-state index contributed by atoms with van der Waals surface area (Å²) in [5, 5.41) is 3.81. The molecule has 70 valence electrons. The van der Waals surface area contributed by atoms with Crippen molar-refractivity contribution >= 4 is 29.2 Å². The summed E-state index contributed by atoms with van der Waals surface area (Å²) in [6.07, 6.45) is 0. The van der Waals surface area contributed by atoms with Crippen LogP contribution in [0.2, 0.25) is 5.15 Å². The maximum Gasteiger partial charge on any atom is 0.134 e. The molecule has 1 saturated heterocycles. The quantitative estimate of drug-likeness (QED) is 0.766. The molecule has 1 aliphatic rings. The molecule has 0 aliphatic carbocycles. The number of halogens is 1. The Morgan fingerprint density at radius 3 is 2.85 bits per heavy atom. The number of hydrogen-bond acceptors (Lipinski definition) is 4. The van der Waals surface area contributed by atoms with E-state index in [0.29, 0.717) is 17.0 Å². The van der Waals surface area contributed by atoms with Gasteiger partial charge in [0, 0.05) is 23.6 Å². The minimum Gasteiger partial charge on any atom is -0.366 e. The number of aromatic nitrogens is 2. The summed E-state index contributed by atoms with van der Waals surface area (Å²) in [7, 11) is 0. The van der Waals surface area contributed by atoms with Gasteiger partial charge in [-0.15, -0.1) is 0 Å². The maximum absolute atomic E-state index is 5.80. The zero-order valence-electron chi connectivity index (χ0n) is 7.25. The summed E-state index contributed by atoms with van der Waals surface area (Å²) in [4.78, 5) is 8.23. The van der Waals surface area contributed by atoms with Crippen LogP contribution in [0.3, 0.4) is 0 Å². The zero-order chi connectivity index (χ0) is 9.26. The van der Waals surface area contributed by atoms with Crippen LogP contribution in [0.25, 0.3) is 0 Å². The van der Waals surface area contributed by atoms with Gasteiger partial charge in [0.25, 0.3) is 0 Å². The fraction of sp³-hybridized carbons (Fsp3) is 0.500. The molecular formula is C8H10ClN3S. The van der Waals surface area contributed by atoms with Crippen molar-refractivity contribution in [3.8, 4) is 0 Å². The Hall–Kier alpha value is -0.480. The molecule has 1 aromatic rings. The monoisotopic (exact) mass is 215 g/mol. The molecule has 3 nitrogen and oxygen atoms in total. The second-order valence-electron chi connectivity index (χ2n) is 3.00. The van der Waals surface area contributed by atoms with Gasteiger partial charge in [0.1, 0.15) is 16.8 Å². The van der Waals surface area contributed by atoms with Gasteiger partial charge in [0.2, 0.25) is 0 Å². The van der Waals surface area contributed by atoms with Gasteiger partial charge in [-0.05, 0) is 6.92 Å². The first-order chi connectivity index (χ1) is 6.24. The first-order valence-corrected chi connectivity index (χ1v) is 5.63. The topological polar surface area (TPSA) is 37.8 Å². The van der Waals surface area contributed by atoms with Crippen molar-refractivity contribution in [1.29, 1.82) is 0 Å². The van der Waals surface area contributed by atoms with Crippen LogP contribution in [0.1, 0.15) is 5.82 Å². The minimum absolute atomic E-state index is 0.502. The van der Waals surface area contributed by atoms with Crippen LogP contribution in [0, 0.1) is 6.92 Å². The number of thioether (sulfide) groups is 1. The van der Waals surface area contributed by atoms with Gasteiger partial charge < -0.3 is 5.32 Å². The number of anilines is 1. The van der Waals surface area contributed by atoms with E-state index >= 15 is 0 Å². The van der Waals surface area contributed by atoms with Crippen molar-refractivity contribution in [2.45, 2.75) is 13.0 Å². The number of rotatable bonds is 2. The molecular weight excluding hydrogens is 206 g/mol. The molecule has 1 aliphatic heterocycles. The molecule has 0 bridgehead atoms. The van der Waals surface area contributed by atoms with Crippen LogP contribution in [0.4, 0.5) is 5.82 Å². The first kappa shape index (κ1) is 9.09. The normalized spacial score (nSPS) is 16.8. The summed E-state index contributed by atoms with van der Waals surface area (Å²) in [5.74, 6) is 3.85. The predicted octanol–water partition coefficient (Wildman–Crippen LogP) is 1.97. The Bertz CT molecular complexity index is 294. The summed E-state index contributed by atoms with van der Waals surface area (Å²) in [5.41, 5.74) is 0. The van der Waals surface area contributed by atoms with Crippen molar-refractivity contribution < 1.29 is 0 Å². The van der Waals surface area contributed by atoms with Gasteiger partial charge in [0.15, 0.2) is 0 Å². The predicted molar refractivity (Wildman–Crippen MR) is 56.5 cm³/mol. The molecule has 0 saturated carbocycles. The van der Waals surface area contributed by atoms with Crippen LogP contribution < -0.4 is 5.32 Å². The Balaban J connectivity index is 2.10. The SMILES string of the molecule is Cc1nc(Cl)cc(NC2CSC2)n1. The highest BCUT2D eigenvalue weighted by Crippen LogP contribution is 2.21. The van der Waals surface area contributed by atoms with Crippen LogP contribution >= 0.6 is 23.4 Å². The van der Waals surface area contributed by atoms with E-state index in [0.717, 1.165) is 17.3 Å². The largest absolute Gasteiger partial charge is 0.366 e. The lowest BCUT2D eigenvalue weighted by Crippen LogP contribution is -2.33. The average Bonchev–Trinajstić information content (AvgIpc) is 1.95. The summed E-state index contributed by atoms with van der Waals surface area (Å²) in [6.45, 7) is 1.84. The lowest BCUT2D eigenvalue weighted by Gasteiger charge is -2.26. The average molecular weight is 216 g/mol. The van der Waals surface area contributed by atoms with Crippen LogP contribution in [0.5, 0.6) is 0 Å². The molecule has 0 atom stereocenters. The van der Waals surface area contributed by atoms with Gasteiger partial charge in [-0.3, -0.25) is 0 Å². The van der Waals surface area contributed by atoms with Crippen molar-refractivity contribution in [2.75, 3.05) is 16.8 Å². The van der Waals surface area contributed by atoms with E-state index in [9.17, 15) is 0 Å². The lowest BCUT2D eigenvalue weighted by molar-refractivity contribution is 0.866. The van der Waals surface area contributed by atoms with Crippen LogP contribution in [-0.2, 0) is 0 Å². The Labute approximate surface area is 86.3 Å². The van der Waals surface area contributed by atoms with Gasteiger partial charge in [-0.2, -0.15) is 11.8 Å². The third-order valence-electron chi connectivity index (χ3n) is 1.80.